The van der Waals surface area contributed by atoms with Gasteiger partial charge >= 0.3 is 6.03 Å². The number of halogens is 4. The molecule has 184 valence electrons. The highest BCUT2D eigenvalue weighted by Gasteiger charge is 2.34. The van der Waals surface area contributed by atoms with Crippen LogP contribution in [0.3, 0.4) is 0 Å². The molecule has 0 unspecified atom stereocenters. The Bertz CT molecular complexity index is 1400. The Kier molecular flexibility index (Phi) is 8.66. The summed E-state index contributed by atoms with van der Waals surface area (Å²) in [6.07, 6.45) is 1.65. The molecule has 0 radical (unpaired) electrons. The first-order valence-corrected chi connectivity index (χ1v) is 12.9. The molecule has 2 N–H and O–H groups in total. The summed E-state index contributed by atoms with van der Waals surface area (Å²) in [7, 11) is 0. The van der Waals surface area contributed by atoms with Gasteiger partial charge in [-0.05, 0) is 54.7 Å². The van der Waals surface area contributed by atoms with E-state index < -0.39 is 11.9 Å². The van der Waals surface area contributed by atoms with Gasteiger partial charge in [0, 0.05) is 26.9 Å². The van der Waals surface area contributed by atoms with Gasteiger partial charge < -0.3 is 10.1 Å². The van der Waals surface area contributed by atoms with Gasteiger partial charge in [-0.1, -0.05) is 82.4 Å². The number of thioether (sulfide) groups is 1. The van der Waals surface area contributed by atoms with E-state index in [1.165, 1.54) is 6.07 Å². The van der Waals surface area contributed by atoms with Crippen molar-refractivity contribution in [1.82, 2.24) is 10.4 Å². The first kappa shape index (κ1) is 26.6. The van der Waals surface area contributed by atoms with E-state index in [1.54, 1.807) is 48.5 Å². The van der Waals surface area contributed by atoms with Gasteiger partial charge in [0.2, 0.25) is 0 Å². The average molecular weight is 599 g/mol. The van der Waals surface area contributed by atoms with Crippen LogP contribution < -0.4 is 15.5 Å². The van der Waals surface area contributed by atoms with Crippen molar-refractivity contribution in [1.29, 1.82) is 0 Å². The van der Waals surface area contributed by atoms with E-state index in [0.29, 0.717) is 37.0 Å². The predicted octanol–water partition coefficient (Wildman–Crippen LogP) is 7.82. The van der Waals surface area contributed by atoms with Crippen molar-refractivity contribution >= 4 is 98.4 Å². The minimum atomic E-state index is -0.672. The van der Waals surface area contributed by atoms with E-state index in [1.807, 2.05) is 12.1 Å². The number of hydrogen-bond acceptors (Lipinski definition) is 5. The molecule has 3 amide bonds. The fourth-order valence-electron chi connectivity index (χ4n) is 3.07. The Labute approximate surface area is 236 Å². The molecule has 0 aromatic heterocycles. The average Bonchev–Trinajstić information content (AvgIpc) is 3.09. The van der Waals surface area contributed by atoms with Crippen molar-refractivity contribution in [2.45, 2.75) is 6.61 Å². The molecule has 1 aliphatic rings. The zero-order valence-electron chi connectivity index (χ0n) is 18.1. The van der Waals surface area contributed by atoms with Crippen LogP contribution in [0.25, 0.3) is 6.08 Å². The van der Waals surface area contributed by atoms with Gasteiger partial charge in [0.05, 0.1) is 15.0 Å². The number of hydrazine groups is 1. The van der Waals surface area contributed by atoms with Crippen molar-refractivity contribution in [3.8, 4) is 5.75 Å². The van der Waals surface area contributed by atoms with Crippen molar-refractivity contribution < 1.29 is 14.3 Å². The molecular formula is C24H15Cl4N3O3S2. The summed E-state index contributed by atoms with van der Waals surface area (Å²) in [6, 6.07) is 16.3. The molecule has 1 aliphatic heterocycles. The lowest BCUT2D eigenvalue weighted by Crippen LogP contribution is -2.46. The summed E-state index contributed by atoms with van der Waals surface area (Å²) >= 11 is 30.4. The Morgan fingerprint density at radius 3 is 2.53 bits per heavy atom. The molecule has 3 aromatic rings. The summed E-state index contributed by atoms with van der Waals surface area (Å²) in [4.78, 5) is 25.7. The molecule has 1 heterocycles. The van der Waals surface area contributed by atoms with E-state index in [2.05, 4.69) is 10.7 Å². The number of para-hydroxylation sites is 1. The van der Waals surface area contributed by atoms with Gasteiger partial charge in [0.1, 0.15) is 12.4 Å². The second kappa shape index (κ2) is 11.7. The topological polar surface area (TPSA) is 70.7 Å². The molecule has 36 heavy (non-hydrogen) atoms. The molecule has 0 bridgehead atoms. The zero-order valence-corrected chi connectivity index (χ0v) is 22.7. The van der Waals surface area contributed by atoms with Gasteiger partial charge in [0.25, 0.3) is 5.91 Å². The lowest BCUT2D eigenvalue weighted by Gasteiger charge is -2.16. The van der Waals surface area contributed by atoms with Crippen molar-refractivity contribution in [3.05, 3.63) is 96.8 Å². The lowest BCUT2D eigenvalue weighted by molar-refractivity contribution is -0.123. The summed E-state index contributed by atoms with van der Waals surface area (Å²) in [5.74, 6) is 0.0592. The quantitative estimate of drug-likeness (QED) is 0.224. The SMILES string of the molecule is O=C(Nc1ccc(Cl)c(Cl)c1)NN1C(=O)/C(=C\c2ccccc2OCc2ccc(Cl)cc2Cl)SC1=S. The maximum atomic E-state index is 13.0. The normalized spacial score (nSPS) is 14.3. The van der Waals surface area contributed by atoms with Gasteiger partial charge in [-0.2, -0.15) is 5.01 Å². The maximum Gasteiger partial charge on any atom is 0.338 e. The largest absolute Gasteiger partial charge is 0.488 e. The zero-order chi connectivity index (χ0) is 25.8. The number of carbonyl (C=O) groups is 2. The molecule has 3 aromatic carbocycles. The number of thiocarbonyl (C=S) groups is 1. The van der Waals surface area contributed by atoms with E-state index >= 15 is 0 Å². The van der Waals surface area contributed by atoms with Gasteiger partial charge in [-0.3, -0.25) is 4.79 Å². The first-order valence-electron chi connectivity index (χ1n) is 10.2. The molecule has 1 saturated heterocycles. The monoisotopic (exact) mass is 597 g/mol. The van der Waals surface area contributed by atoms with Crippen LogP contribution in [0.1, 0.15) is 11.1 Å². The van der Waals surface area contributed by atoms with Crippen LogP contribution in [0.5, 0.6) is 5.75 Å². The third-order valence-corrected chi connectivity index (χ3v) is 7.42. The number of carbonyl (C=O) groups excluding carboxylic acids is 2. The Morgan fingerprint density at radius 2 is 1.78 bits per heavy atom. The Morgan fingerprint density at radius 1 is 1.00 bits per heavy atom. The van der Waals surface area contributed by atoms with Crippen molar-refractivity contribution in [3.63, 3.8) is 0 Å². The number of amides is 3. The minimum absolute atomic E-state index is 0.168. The van der Waals surface area contributed by atoms with E-state index in [9.17, 15) is 9.59 Å². The highest BCUT2D eigenvalue weighted by molar-refractivity contribution is 8.26. The molecule has 6 nitrogen and oxygen atoms in total. The van der Waals surface area contributed by atoms with Gasteiger partial charge in [0.15, 0.2) is 4.32 Å². The van der Waals surface area contributed by atoms with Crippen LogP contribution in [0.15, 0.2) is 65.6 Å². The lowest BCUT2D eigenvalue weighted by atomic mass is 10.2. The highest BCUT2D eigenvalue weighted by Crippen LogP contribution is 2.34. The summed E-state index contributed by atoms with van der Waals surface area (Å²) < 4.78 is 6.12. The van der Waals surface area contributed by atoms with Crippen LogP contribution in [0, 0.1) is 0 Å². The predicted molar refractivity (Wildman–Crippen MR) is 151 cm³/mol. The van der Waals surface area contributed by atoms with Crippen LogP contribution in [0.4, 0.5) is 10.5 Å². The maximum absolute atomic E-state index is 13.0. The second-order valence-electron chi connectivity index (χ2n) is 7.27. The van der Waals surface area contributed by atoms with Crippen molar-refractivity contribution in [2.75, 3.05) is 5.32 Å². The number of hydrogen-bond donors (Lipinski definition) is 2. The van der Waals surface area contributed by atoms with Gasteiger partial charge in [-0.15, -0.1) is 0 Å². The molecule has 0 aliphatic carbocycles. The molecule has 0 atom stereocenters. The summed E-state index contributed by atoms with van der Waals surface area (Å²) in [6.45, 7) is 0.207. The third kappa shape index (κ3) is 6.45. The Balaban J connectivity index is 1.45. The fraction of sp³-hybridized carbons (Fsp3) is 0.0417. The third-order valence-electron chi connectivity index (χ3n) is 4.79. The second-order valence-corrected chi connectivity index (χ2v) is 10.6. The smallest absolute Gasteiger partial charge is 0.338 e. The number of anilines is 1. The number of rotatable bonds is 6. The summed E-state index contributed by atoms with van der Waals surface area (Å²) in [5.41, 5.74) is 4.26. The van der Waals surface area contributed by atoms with Crippen molar-refractivity contribution in [2.24, 2.45) is 0 Å². The number of benzene rings is 3. The van der Waals surface area contributed by atoms with E-state index in [-0.39, 0.29) is 16.0 Å². The van der Waals surface area contributed by atoms with E-state index in [0.717, 1.165) is 22.3 Å². The molecule has 0 saturated carbocycles. The number of nitrogens with zero attached hydrogens (tertiary/aromatic N) is 1. The molecule has 4 rings (SSSR count). The van der Waals surface area contributed by atoms with Crippen LogP contribution in [-0.4, -0.2) is 21.3 Å². The highest BCUT2D eigenvalue weighted by atomic mass is 35.5. The van der Waals surface area contributed by atoms with Crippen LogP contribution in [0.2, 0.25) is 20.1 Å². The molecule has 12 heteroatoms. The molecule has 1 fully saturated rings. The molecule has 0 spiro atoms. The van der Waals surface area contributed by atoms with Gasteiger partial charge in [-0.25, -0.2) is 10.2 Å². The standard InChI is InChI=1S/C24H15Cl4N3O3S2/c25-15-6-5-14(18(27)10-15)12-34-20-4-2-1-3-13(20)9-21-22(32)31(24(35)36-21)30-23(33)29-16-7-8-17(26)19(28)11-16/h1-11H,12H2,(H2,29,30,33)/b21-9+. The number of urea groups is 1. The minimum Gasteiger partial charge on any atom is -0.488 e. The summed E-state index contributed by atoms with van der Waals surface area (Å²) in [5, 5.41) is 5.23. The van der Waals surface area contributed by atoms with Crippen LogP contribution in [-0.2, 0) is 11.4 Å². The van der Waals surface area contributed by atoms with Crippen LogP contribution >= 0.6 is 70.4 Å². The van der Waals surface area contributed by atoms with E-state index in [4.69, 9.17) is 63.4 Å². The molecular weight excluding hydrogens is 584 g/mol. The first-order chi connectivity index (χ1) is 17.2. The number of nitrogens with one attached hydrogen (secondary N) is 2. The number of ether oxygens (including phenoxy) is 1. The fourth-order valence-corrected chi connectivity index (χ4v) is 5.00. The Hall–Kier alpha value is -2.46.